The fourth-order valence-electron chi connectivity index (χ4n) is 4.46. The lowest BCUT2D eigenvalue weighted by Crippen LogP contribution is -2.53. The highest BCUT2D eigenvalue weighted by molar-refractivity contribution is 7.92. The highest BCUT2D eigenvalue weighted by Gasteiger charge is 2.35. The van der Waals surface area contributed by atoms with E-state index < -0.39 is 28.5 Å². The molecule has 0 unspecified atom stereocenters. The molecule has 8 nitrogen and oxygen atoms in total. The summed E-state index contributed by atoms with van der Waals surface area (Å²) < 4.78 is 35.1. The minimum absolute atomic E-state index is 0.0243. The maximum atomic E-state index is 14.3. The molecule has 2 atom stereocenters. The minimum Gasteiger partial charge on any atom is -0.492 e. The van der Waals surface area contributed by atoms with Gasteiger partial charge in [0, 0.05) is 17.6 Å². The van der Waals surface area contributed by atoms with E-state index in [-0.39, 0.29) is 29.1 Å². The molecule has 2 amide bonds. The van der Waals surface area contributed by atoms with Crippen LogP contribution in [-0.4, -0.2) is 50.4 Å². The Morgan fingerprint density at radius 3 is 2.19 bits per heavy atom. The number of rotatable bonds is 14. The average Bonchev–Trinajstić information content (AvgIpc) is 2.97. The lowest BCUT2D eigenvalue weighted by atomic mass is 10.1. The second-order valence-electron chi connectivity index (χ2n) is 10.1. The van der Waals surface area contributed by atoms with Gasteiger partial charge in [0.15, 0.2) is 0 Å². The molecular weight excluding hydrogens is 574 g/mol. The van der Waals surface area contributed by atoms with E-state index in [0.717, 1.165) is 16.3 Å². The van der Waals surface area contributed by atoms with Crippen molar-refractivity contribution in [3.05, 3.63) is 88.9 Å². The number of ether oxygens (including phenoxy) is 1. The molecule has 3 aromatic carbocycles. The van der Waals surface area contributed by atoms with Gasteiger partial charge in [0.1, 0.15) is 18.3 Å². The summed E-state index contributed by atoms with van der Waals surface area (Å²) in [5.41, 5.74) is 1.77. The van der Waals surface area contributed by atoms with Crippen molar-refractivity contribution >= 4 is 39.1 Å². The summed E-state index contributed by atoms with van der Waals surface area (Å²) in [5.74, 6) is -0.541. The number of anilines is 1. The van der Waals surface area contributed by atoms with Crippen LogP contribution in [0, 0.1) is 6.92 Å². The number of carbonyl (C=O) groups excluding carboxylic acids is 2. The van der Waals surface area contributed by atoms with Crippen LogP contribution >= 0.6 is 11.6 Å². The van der Waals surface area contributed by atoms with Gasteiger partial charge < -0.3 is 15.0 Å². The zero-order valence-corrected chi connectivity index (χ0v) is 26.4. The van der Waals surface area contributed by atoms with Gasteiger partial charge in [-0.3, -0.25) is 13.9 Å². The van der Waals surface area contributed by atoms with Gasteiger partial charge in [-0.25, -0.2) is 8.42 Å². The molecule has 3 rings (SSSR count). The standard InChI is InChI=1S/C32H40ClN3O5S/c1-6-24(5)34-32(38)28(7-2)35(21-25-13-9-10-14-27(25)33)31(37)22-36(29-15-11-12-16-30(29)41-8-3)42(39,40)26-19-17-23(4)18-20-26/h9-20,24,28H,6-8,21-22H2,1-5H3,(H,34,38)/t24-,28+/m0/s1. The van der Waals surface area contributed by atoms with E-state index in [9.17, 15) is 18.0 Å². The molecule has 0 radical (unpaired) electrons. The molecular formula is C32H40ClN3O5S. The van der Waals surface area contributed by atoms with Crippen LogP contribution in [0.1, 0.15) is 51.7 Å². The van der Waals surface area contributed by atoms with Gasteiger partial charge >= 0.3 is 0 Å². The highest BCUT2D eigenvalue weighted by atomic mass is 35.5. The van der Waals surface area contributed by atoms with Crippen molar-refractivity contribution in [1.29, 1.82) is 0 Å². The molecule has 0 saturated carbocycles. The molecule has 10 heteroatoms. The van der Waals surface area contributed by atoms with Crippen molar-refractivity contribution in [2.75, 3.05) is 17.5 Å². The summed E-state index contributed by atoms with van der Waals surface area (Å²) >= 11 is 6.47. The lowest BCUT2D eigenvalue weighted by molar-refractivity contribution is -0.140. The van der Waals surface area contributed by atoms with Crippen LogP contribution in [0.3, 0.4) is 0 Å². The van der Waals surface area contributed by atoms with E-state index in [1.165, 1.54) is 17.0 Å². The molecule has 226 valence electrons. The molecule has 0 saturated heterocycles. The van der Waals surface area contributed by atoms with Gasteiger partial charge in [-0.1, -0.05) is 73.5 Å². The molecule has 0 heterocycles. The number of carbonyl (C=O) groups is 2. The van der Waals surface area contributed by atoms with E-state index in [1.807, 2.05) is 27.7 Å². The minimum atomic E-state index is -4.22. The number of hydrogen-bond acceptors (Lipinski definition) is 5. The van der Waals surface area contributed by atoms with E-state index in [0.29, 0.717) is 29.4 Å². The monoisotopic (exact) mass is 613 g/mol. The van der Waals surface area contributed by atoms with Crippen molar-refractivity contribution in [2.24, 2.45) is 0 Å². The lowest BCUT2D eigenvalue weighted by Gasteiger charge is -2.34. The van der Waals surface area contributed by atoms with Crippen LogP contribution in [0.15, 0.2) is 77.7 Å². The van der Waals surface area contributed by atoms with Crippen molar-refractivity contribution in [1.82, 2.24) is 10.2 Å². The Morgan fingerprint density at radius 2 is 1.57 bits per heavy atom. The Hall–Kier alpha value is -3.56. The van der Waals surface area contributed by atoms with Gasteiger partial charge in [-0.15, -0.1) is 0 Å². The van der Waals surface area contributed by atoms with Crippen LogP contribution in [0.2, 0.25) is 5.02 Å². The van der Waals surface area contributed by atoms with Crippen molar-refractivity contribution in [3.8, 4) is 5.75 Å². The van der Waals surface area contributed by atoms with Gasteiger partial charge in [0.25, 0.3) is 10.0 Å². The van der Waals surface area contributed by atoms with E-state index in [2.05, 4.69) is 5.32 Å². The normalized spacial score (nSPS) is 12.7. The molecule has 0 aliphatic rings. The molecule has 0 aliphatic carbocycles. The number of amides is 2. The quantitative estimate of drug-likeness (QED) is 0.242. The smallest absolute Gasteiger partial charge is 0.264 e. The Balaban J connectivity index is 2.12. The third-order valence-electron chi connectivity index (χ3n) is 7.01. The van der Waals surface area contributed by atoms with E-state index in [4.69, 9.17) is 16.3 Å². The summed E-state index contributed by atoms with van der Waals surface area (Å²) in [6.07, 6.45) is 1.04. The Bertz CT molecular complexity index is 1460. The summed E-state index contributed by atoms with van der Waals surface area (Å²) in [6.45, 7) is 9.11. The summed E-state index contributed by atoms with van der Waals surface area (Å²) in [7, 11) is -4.22. The van der Waals surface area contributed by atoms with Crippen LogP contribution < -0.4 is 14.4 Å². The zero-order chi connectivity index (χ0) is 30.9. The molecule has 0 spiro atoms. The first-order valence-corrected chi connectivity index (χ1v) is 16.0. The van der Waals surface area contributed by atoms with Crippen molar-refractivity contribution in [3.63, 3.8) is 0 Å². The molecule has 0 aromatic heterocycles. The number of nitrogens with zero attached hydrogens (tertiary/aromatic N) is 2. The van der Waals surface area contributed by atoms with E-state index in [1.54, 1.807) is 67.6 Å². The number of hydrogen-bond donors (Lipinski definition) is 1. The van der Waals surface area contributed by atoms with Crippen LogP contribution in [0.5, 0.6) is 5.75 Å². The van der Waals surface area contributed by atoms with E-state index >= 15 is 0 Å². The molecule has 1 N–H and O–H groups in total. The zero-order valence-electron chi connectivity index (χ0n) is 24.8. The maximum absolute atomic E-state index is 14.3. The number of nitrogens with one attached hydrogen (secondary N) is 1. The number of sulfonamides is 1. The predicted molar refractivity (Wildman–Crippen MR) is 167 cm³/mol. The first-order chi connectivity index (χ1) is 20.0. The Morgan fingerprint density at radius 1 is 0.929 bits per heavy atom. The first-order valence-electron chi connectivity index (χ1n) is 14.2. The van der Waals surface area contributed by atoms with Crippen molar-refractivity contribution in [2.45, 2.75) is 71.0 Å². The highest BCUT2D eigenvalue weighted by Crippen LogP contribution is 2.33. The van der Waals surface area contributed by atoms with Gasteiger partial charge in [0.05, 0.1) is 17.2 Å². The molecule has 3 aromatic rings. The third-order valence-corrected chi connectivity index (χ3v) is 9.15. The number of halogens is 1. The summed E-state index contributed by atoms with van der Waals surface area (Å²) in [6, 6.07) is 19.3. The maximum Gasteiger partial charge on any atom is 0.264 e. The fourth-order valence-corrected chi connectivity index (χ4v) is 6.08. The Labute approximate surface area is 254 Å². The summed E-state index contributed by atoms with van der Waals surface area (Å²) in [5, 5.41) is 3.41. The molecule has 0 bridgehead atoms. The third kappa shape index (κ3) is 8.04. The molecule has 42 heavy (non-hydrogen) atoms. The van der Waals surface area contributed by atoms with Crippen LogP contribution in [0.25, 0.3) is 0 Å². The second-order valence-corrected chi connectivity index (χ2v) is 12.3. The van der Waals surface area contributed by atoms with Crippen LogP contribution in [-0.2, 0) is 26.2 Å². The number of para-hydroxylation sites is 2. The van der Waals surface area contributed by atoms with Crippen molar-refractivity contribution < 1.29 is 22.7 Å². The average molecular weight is 614 g/mol. The van der Waals surface area contributed by atoms with Gasteiger partial charge in [-0.05, 0) is 69.5 Å². The van der Waals surface area contributed by atoms with Gasteiger partial charge in [-0.2, -0.15) is 0 Å². The fraction of sp³-hybridized carbons (Fsp3) is 0.375. The second kappa shape index (κ2) is 15.1. The van der Waals surface area contributed by atoms with Crippen LogP contribution in [0.4, 0.5) is 5.69 Å². The van der Waals surface area contributed by atoms with Gasteiger partial charge in [0.2, 0.25) is 11.8 Å². The Kier molecular flexibility index (Phi) is 11.8. The summed E-state index contributed by atoms with van der Waals surface area (Å²) in [4.78, 5) is 29.1. The number of aryl methyl sites for hydroxylation is 1. The molecule has 0 aliphatic heterocycles. The first kappa shape index (κ1) is 32.9. The number of benzene rings is 3. The largest absolute Gasteiger partial charge is 0.492 e. The predicted octanol–water partition coefficient (Wildman–Crippen LogP) is 5.96. The topological polar surface area (TPSA) is 96.0 Å². The SMILES string of the molecule is CCOc1ccccc1N(CC(=O)N(Cc1ccccc1Cl)[C@H](CC)C(=O)N[C@@H](C)CC)S(=O)(=O)c1ccc(C)cc1. The molecule has 0 fully saturated rings.